The van der Waals surface area contributed by atoms with E-state index in [-0.39, 0.29) is 0 Å². The van der Waals surface area contributed by atoms with Crippen molar-refractivity contribution in [2.75, 3.05) is 0 Å². The first-order valence-electron chi connectivity index (χ1n) is 8.94. The quantitative estimate of drug-likeness (QED) is 0.416. The Balaban J connectivity index is 1.67. The minimum Gasteiger partial charge on any atom is -0.292 e. The molecule has 2 heterocycles. The van der Waals surface area contributed by atoms with Crippen molar-refractivity contribution in [2.24, 2.45) is 0 Å². The summed E-state index contributed by atoms with van der Waals surface area (Å²) in [7, 11) is 0. The van der Waals surface area contributed by atoms with Crippen molar-refractivity contribution in [1.29, 1.82) is 0 Å². The molecule has 3 nitrogen and oxygen atoms in total. The molecule has 0 spiro atoms. The molecule has 0 aliphatic carbocycles. The summed E-state index contributed by atoms with van der Waals surface area (Å²) in [6.45, 7) is 0. The highest BCUT2D eigenvalue weighted by Gasteiger charge is 2.13. The fourth-order valence-electron chi connectivity index (χ4n) is 3.41. The standard InChI is InChI=1S/C24H17N3/c1-2-6-21(7-3-1)27-23-9-5-4-8-22(23)26-24(27)20-12-10-18(11-13-20)19-14-16-25-17-15-19/h1-17H. The van der Waals surface area contributed by atoms with Gasteiger partial charge in [0.2, 0.25) is 0 Å². The highest BCUT2D eigenvalue weighted by Crippen LogP contribution is 2.30. The van der Waals surface area contributed by atoms with Crippen LogP contribution in [0.1, 0.15) is 0 Å². The van der Waals surface area contributed by atoms with Crippen molar-refractivity contribution < 1.29 is 0 Å². The zero-order valence-corrected chi connectivity index (χ0v) is 14.7. The van der Waals surface area contributed by atoms with Crippen molar-refractivity contribution in [3.05, 3.63) is 103 Å². The summed E-state index contributed by atoms with van der Waals surface area (Å²) in [5, 5.41) is 0. The number of hydrogen-bond acceptors (Lipinski definition) is 2. The van der Waals surface area contributed by atoms with Crippen LogP contribution in [-0.4, -0.2) is 14.5 Å². The minimum absolute atomic E-state index is 0.948. The van der Waals surface area contributed by atoms with Gasteiger partial charge in [0.1, 0.15) is 5.82 Å². The fraction of sp³-hybridized carbons (Fsp3) is 0. The summed E-state index contributed by atoms with van der Waals surface area (Å²) in [5.74, 6) is 0.948. The highest BCUT2D eigenvalue weighted by atomic mass is 15.1. The Morgan fingerprint density at radius 1 is 0.556 bits per heavy atom. The average molecular weight is 347 g/mol. The van der Waals surface area contributed by atoms with Crippen LogP contribution < -0.4 is 0 Å². The maximum absolute atomic E-state index is 4.91. The number of rotatable bonds is 3. The zero-order chi connectivity index (χ0) is 18.1. The Bertz CT molecular complexity index is 1190. The minimum atomic E-state index is 0.948. The lowest BCUT2D eigenvalue weighted by Gasteiger charge is -2.10. The maximum Gasteiger partial charge on any atom is 0.145 e. The van der Waals surface area contributed by atoms with Crippen molar-refractivity contribution in [3.8, 4) is 28.2 Å². The Kier molecular flexibility index (Phi) is 3.76. The molecule has 0 saturated carbocycles. The number of aromatic nitrogens is 3. The van der Waals surface area contributed by atoms with Gasteiger partial charge in [-0.3, -0.25) is 9.55 Å². The van der Waals surface area contributed by atoms with Crippen LogP contribution in [0.5, 0.6) is 0 Å². The summed E-state index contributed by atoms with van der Waals surface area (Å²) in [5.41, 5.74) is 6.63. The van der Waals surface area contributed by atoms with Crippen molar-refractivity contribution in [2.45, 2.75) is 0 Å². The maximum atomic E-state index is 4.91. The number of pyridine rings is 1. The Hall–Kier alpha value is -3.72. The van der Waals surface area contributed by atoms with E-state index in [0.717, 1.165) is 33.7 Å². The van der Waals surface area contributed by atoms with Crippen molar-refractivity contribution in [1.82, 2.24) is 14.5 Å². The van der Waals surface area contributed by atoms with Crippen LogP contribution in [-0.2, 0) is 0 Å². The van der Waals surface area contributed by atoms with Crippen molar-refractivity contribution >= 4 is 11.0 Å². The molecular formula is C24H17N3. The molecule has 5 rings (SSSR count). The summed E-state index contributed by atoms with van der Waals surface area (Å²) in [6, 6.07) is 31.2. The molecule has 27 heavy (non-hydrogen) atoms. The fourth-order valence-corrected chi connectivity index (χ4v) is 3.41. The van der Waals surface area contributed by atoms with E-state index in [1.54, 1.807) is 0 Å². The van der Waals surface area contributed by atoms with Gasteiger partial charge < -0.3 is 0 Å². The van der Waals surface area contributed by atoms with Gasteiger partial charge in [-0.05, 0) is 47.5 Å². The number of benzene rings is 3. The van der Waals surface area contributed by atoms with E-state index >= 15 is 0 Å². The molecule has 3 aromatic carbocycles. The number of para-hydroxylation sites is 3. The number of hydrogen-bond donors (Lipinski definition) is 0. The van der Waals surface area contributed by atoms with Crippen molar-refractivity contribution in [3.63, 3.8) is 0 Å². The van der Waals surface area contributed by atoms with Crippen LogP contribution in [0.2, 0.25) is 0 Å². The van der Waals surface area contributed by atoms with E-state index in [1.165, 1.54) is 5.56 Å². The van der Waals surface area contributed by atoms with Gasteiger partial charge in [0.15, 0.2) is 0 Å². The van der Waals surface area contributed by atoms with Gasteiger partial charge in [-0.1, -0.05) is 54.6 Å². The van der Waals surface area contributed by atoms with E-state index in [1.807, 2.05) is 36.7 Å². The number of nitrogens with zero attached hydrogens (tertiary/aromatic N) is 3. The molecule has 0 atom stereocenters. The highest BCUT2D eigenvalue weighted by molar-refractivity contribution is 5.83. The van der Waals surface area contributed by atoms with Gasteiger partial charge in [0, 0.05) is 23.6 Å². The van der Waals surface area contributed by atoms with E-state index in [2.05, 4.69) is 76.3 Å². The molecule has 0 fully saturated rings. The molecule has 0 N–H and O–H groups in total. The van der Waals surface area contributed by atoms with Gasteiger partial charge in [0.25, 0.3) is 0 Å². The summed E-state index contributed by atoms with van der Waals surface area (Å²) >= 11 is 0. The monoisotopic (exact) mass is 347 g/mol. The molecule has 0 amide bonds. The van der Waals surface area contributed by atoms with Crippen LogP contribution in [0.3, 0.4) is 0 Å². The molecule has 3 heteroatoms. The third-order valence-corrected chi connectivity index (χ3v) is 4.73. The van der Waals surface area contributed by atoms with Crippen LogP contribution in [0, 0.1) is 0 Å². The smallest absolute Gasteiger partial charge is 0.145 e. The zero-order valence-electron chi connectivity index (χ0n) is 14.7. The first-order valence-corrected chi connectivity index (χ1v) is 8.94. The number of imidazole rings is 1. The second-order valence-electron chi connectivity index (χ2n) is 6.41. The SMILES string of the molecule is c1ccc(-n2c(-c3ccc(-c4ccncc4)cc3)nc3ccccc32)cc1. The van der Waals surface area contributed by atoms with Crippen LogP contribution >= 0.6 is 0 Å². The molecule has 128 valence electrons. The van der Waals surface area contributed by atoms with E-state index in [0.29, 0.717) is 0 Å². The van der Waals surface area contributed by atoms with Gasteiger partial charge in [-0.25, -0.2) is 4.98 Å². The Morgan fingerprint density at radius 3 is 1.96 bits per heavy atom. The summed E-state index contributed by atoms with van der Waals surface area (Å²) in [4.78, 5) is 9.01. The summed E-state index contributed by atoms with van der Waals surface area (Å²) in [6.07, 6.45) is 3.64. The van der Waals surface area contributed by atoms with Gasteiger partial charge in [-0.2, -0.15) is 0 Å². The van der Waals surface area contributed by atoms with Gasteiger partial charge >= 0.3 is 0 Å². The molecule has 0 bridgehead atoms. The van der Waals surface area contributed by atoms with Crippen LogP contribution in [0.25, 0.3) is 39.2 Å². The molecule has 0 radical (unpaired) electrons. The topological polar surface area (TPSA) is 30.7 Å². The van der Waals surface area contributed by atoms with E-state index < -0.39 is 0 Å². The lowest BCUT2D eigenvalue weighted by atomic mass is 10.0. The third-order valence-electron chi connectivity index (χ3n) is 4.73. The molecule has 0 aliphatic rings. The Labute approximate surface area is 157 Å². The average Bonchev–Trinajstić information content (AvgIpc) is 3.15. The van der Waals surface area contributed by atoms with E-state index in [9.17, 15) is 0 Å². The Morgan fingerprint density at radius 2 is 1.19 bits per heavy atom. The first-order chi connectivity index (χ1) is 13.4. The van der Waals surface area contributed by atoms with Gasteiger partial charge in [-0.15, -0.1) is 0 Å². The summed E-state index contributed by atoms with van der Waals surface area (Å²) < 4.78 is 2.22. The molecule has 0 unspecified atom stereocenters. The second kappa shape index (κ2) is 6.54. The predicted molar refractivity (Wildman–Crippen MR) is 110 cm³/mol. The van der Waals surface area contributed by atoms with Crippen LogP contribution in [0.15, 0.2) is 103 Å². The molecule has 5 aromatic rings. The van der Waals surface area contributed by atoms with Crippen LogP contribution in [0.4, 0.5) is 0 Å². The van der Waals surface area contributed by atoms with Gasteiger partial charge in [0.05, 0.1) is 11.0 Å². The molecular weight excluding hydrogens is 330 g/mol. The molecule has 0 aliphatic heterocycles. The third kappa shape index (κ3) is 2.79. The largest absolute Gasteiger partial charge is 0.292 e. The first kappa shape index (κ1) is 15.5. The second-order valence-corrected chi connectivity index (χ2v) is 6.41. The molecule has 2 aromatic heterocycles. The predicted octanol–water partition coefficient (Wildman–Crippen LogP) is 5.75. The molecule has 0 saturated heterocycles. The number of fused-ring (bicyclic) bond motifs is 1. The van der Waals surface area contributed by atoms with E-state index in [4.69, 9.17) is 4.98 Å². The lowest BCUT2D eigenvalue weighted by Crippen LogP contribution is -1.97. The normalized spacial score (nSPS) is 11.0. The lowest BCUT2D eigenvalue weighted by molar-refractivity contribution is 1.10.